The quantitative estimate of drug-likeness (QED) is 0.736. The van der Waals surface area contributed by atoms with Gasteiger partial charge < -0.3 is 15.2 Å². The smallest absolute Gasteiger partial charge is 0.320 e. The molecule has 0 heterocycles. The topological polar surface area (TPSA) is 58.6 Å². The van der Waals surface area contributed by atoms with Gasteiger partial charge in [-0.2, -0.15) is 0 Å². The predicted molar refractivity (Wildman–Crippen MR) is 84.7 cm³/mol. The SMILES string of the molecule is COc1ccc(CC(C)CN[C@@H](CC(C)C)C(=O)O)cc1F. The number of rotatable bonds is 9. The van der Waals surface area contributed by atoms with Crippen molar-refractivity contribution in [3.05, 3.63) is 29.6 Å². The number of nitrogens with one attached hydrogen (secondary N) is 1. The van der Waals surface area contributed by atoms with E-state index in [4.69, 9.17) is 4.74 Å². The Balaban J connectivity index is 2.53. The van der Waals surface area contributed by atoms with Crippen LogP contribution in [0.5, 0.6) is 5.75 Å². The van der Waals surface area contributed by atoms with Crippen LogP contribution in [0.25, 0.3) is 0 Å². The standard InChI is InChI=1S/C17H26FNO3/c1-11(2)7-15(17(20)21)19-10-12(3)8-13-5-6-16(22-4)14(18)9-13/h5-6,9,11-12,15,19H,7-8,10H2,1-4H3,(H,20,21)/t12?,15-/m0/s1. The Bertz CT molecular complexity index is 491. The number of benzene rings is 1. The maximum absolute atomic E-state index is 13.6. The highest BCUT2D eigenvalue weighted by Crippen LogP contribution is 2.19. The summed E-state index contributed by atoms with van der Waals surface area (Å²) in [6, 6.07) is 4.39. The number of methoxy groups -OCH3 is 1. The van der Waals surface area contributed by atoms with Crippen LogP contribution in [0.1, 0.15) is 32.8 Å². The van der Waals surface area contributed by atoms with Crippen LogP contribution in [-0.4, -0.2) is 30.8 Å². The monoisotopic (exact) mass is 311 g/mol. The number of halogens is 1. The summed E-state index contributed by atoms with van der Waals surface area (Å²) in [5, 5.41) is 12.3. The first-order chi connectivity index (χ1) is 10.3. The number of carboxylic acids is 1. The summed E-state index contributed by atoms with van der Waals surface area (Å²) in [5.41, 5.74) is 0.878. The normalized spacial score (nSPS) is 13.9. The highest BCUT2D eigenvalue weighted by atomic mass is 19.1. The van der Waals surface area contributed by atoms with Gasteiger partial charge in [0.15, 0.2) is 11.6 Å². The van der Waals surface area contributed by atoms with Crippen molar-refractivity contribution >= 4 is 5.97 Å². The van der Waals surface area contributed by atoms with E-state index in [1.54, 1.807) is 6.07 Å². The lowest BCUT2D eigenvalue weighted by Gasteiger charge is -2.19. The van der Waals surface area contributed by atoms with Gasteiger partial charge in [-0.3, -0.25) is 4.79 Å². The molecule has 2 N–H and O–H groups in total. The Morgan fingerprint density at radius 1 is 1.36 bits per heavy atom. The summed E-state index contributed by atoms with van der Waals surface area (Å²) in [4.78, 5) is 11.2. The Morgan fingerprint density at radius 3 is 2.55 bits per heavy atom. The van der Waals surface area contributed by atoms with Crippen molar-refractivity contribution in [2.24, 2.45) is 11.8 Å². The van der Waals surface area contributed by atoms with Crippen molar-refractivity contribution in [1.29, 1.82) is 0 Å². The fraction of sp³-hybridized carbons (Fsp3) is 0.588. The molecule has 4 nitrogen and oxygen atoms in total. The average Bonchev–Trinajstić information content (AvgIpc) is 2.43. The van der Waals surface area contributed by atoms with Crippen molar-refractivity contribution in [2.75, 3.05) is 13.7 Å². The Labute approximate surface area is 131 Å². The number of carbonyl (C=O) groups is 1. The third-order valence-corrected chi connectivity index (χ3v) is 3.52. The molecule has 1 unspecified atom stereocenters. The van der Waals surface area contributed by atoms with E-state index in [1.165, 1.54) is 13.2 Å². The van der Waals surface area contributed by atoms with E-state index in [0.29, 0.717) is 25.3 Å². The molecular weight excluding hydrogens is 285 g/mol. The van der Waals surface area contributed by atoms with Gasteiger partial charge in [-0.05, 0) is 48.9 Å². The molecule has 1 rings (SSSR count). The van der Waals surface area contributed by atoms with Gasteiger partial charge in [0.05, 0.1) is 7.11 Å². The molecule has 0 bridgehead atoms. The molecule has 0 fully saturated rings. The van der Waals surface area contributed by atoms with Crippen molar-refractivity contribution < 1.29 is 19.0 Å². The molecule has 0 radical (unpaired) electrons. The molecule has 0 saturated carbocycles. The molecule has 0 aliphatic heterocycles. The lowest BCUT2D eigenvalue weighted by atomic mass is 9.99. The van der Waals surface area contributed by atoms with Gasteiger partial charge in [0, 0.05) is 0 Å². The Hall–Kier alpha value is -1.62. The summed E-state index contributed by atoms with van der Waals surface area (Å²) in [6.07, 6.45) is 1.28. The van der Waals surface area contributed by atoms with E-state index in [9.17, 15) is 14.3 Å². The molecule has 0 saturated heterocycles. The summed E-state index contributed by atoms with van der Waals surface area (Å²) >= 11 is 0. The maximum atomic E-state index is 13.6. The van der Waals surface area contributed by atoms with Crippen LogP contribution in [0.2, 0.25) is 0 Å². The van der Waals surface area contributed by atoms with Crippen LogP contribution >= 0.6 is 0 Å². The minimum atomic E-state index is -0.823. The predicted octanol–water partition coefficient (Wildman–Crippen LogP) is 3.10. The minimum Gasteiger partial charge on any atom is -0.494 e. The van der Waals surface area contributed by atoms with Crippen LogP contribution in [0.4, 0.5) is 4.39 Å². The molecule has 5 heteroatoms. The molecule has 0 spiro atoms. The van der Waals surface area contributed by atoms with E-state index in [1.807, 2.05) is 26.8 Å². The first-order valence-corrected chi connectivity index (χ1v) is 7.62. The number of ether oxygens (including phenoxy) is 1. The second kappa shape index (κ2) is 8.73. The van der Waals surface area contributed by atoms with Crippen molar-refractivity contribution in [3.8, 4) is 5.75 Å². The van der Waals surface area contributed by atoms with Crippen LogP contribution in [-0.2, 0) is 11.2 Å². The molecule has 22 heavy (non-hydrogen) atoms. The summed E-state index contributed by atoms with van der Waals surface area (Å²) in [7, 11) is 1.44. The van der Waals surface area contributed by atoms with E-state index in [-0.39, 0.29) is 17.5 Å². The van der Waals surface area contributed by atoms with E-state index in [2.05, 4.69) is 5.32 Å². The van der Waals surface area contributed by atoms with Crippen molar-refractivity contribution in [3.63, 3.8) is 0 Å². The fourth-order valence-electron chi connectivity index (χ4n) is 2.40. The molecule has 2 atom stereocenters. The fourth-order valence-corrected chi connectivity index (χ4v) is 2.40. The maximum Gasteiger partial charge on any atom is 0.320 e. The van der Waals surface area contributed by atoms with Gasteiger partial charge in [0.1, 0.15) is 6.04 Å². The molecular formula is C17H26FNO3. The summed E-state index contributed by atoms with van der Waals surface area (Å²) < 4.78 is 18.5. The highest BCUT2D eigenvalue weighted by Gasteiger charge is 2.19. The summed E-state index contributed by atoms with van der Waals surface area (Å²) in [6.45, 7) is 6.60. The lowest BCUT2D eigenvalue weighted by molar-refractivity contribution is -0.140. The van der Waals surface area contributed by atoms with Gasteiger partial charge in [-0.1, -0.05) is 26.8 Å². The van der Waals surface area contributed by atoms with Gasteiger partial charge in [-0.15, -0.1) is 0 Å². The molecule has 1 aromatic rings. The minimum absolute atomic E-state index is 0.210. The van der Waals surface area contributed by atoms with Crippen LogP contribution in [0, 0.1) is 17.7 Å². The molecule has 0 amide bonds. The highest BCUT2D eigenvalue weighted by molar-refractivity contribution is 5.73. The second-order valence-electron chi connectivity index (χ2n) is 6.21. The number of hydrogen-bond donors (Lipinski definition) is 2. The summed E-state index contributed by atoms with van der Waals surface area (Å²) in [5.74, 6) is -0.432. The lowest BCUT2D eigenvalue weighted by Crippen LogP contribution is -2.40. The second-order valence-corrected chi connectivity index (χ2v) is 6.21. The Morgan fingerprint density at radius 2 is 2.05 bits per heavy atom. The average molecular weight is 311 g/mol. The van der Waals surface area contributed by atoms with Crippen LogP contribution < -0.4 is 10.1 Å². The first kappa shape index (κ1) is 18.4. The van der Waals surface area contributed by atoms with Crippen LogP contribution in [0.15, 0.2) is 18.2 Å². The first-order valence-electron chi connectivity index (χ1n) is 7.62. The van der Waals surface area contributed by atoms with Crippen molar-refractivity contribution in [2.45, 2.75) is 39.7 Å². The Kier molecular flexibility index (Phi) is 7.32. The van der Waals surface area contributed by atoms with Crippen LogP contribution in [0.3, 0.4) is 0 Å². The third-order valence-electron chi connectivity index (χ3n) is 3.52. The van der Waals surface area contributed by atoms with Gasteiger partial charge in [0.25, 0.3) is 0 Å². The van der Waals surface area contributed by atoms with Gasteiger partial charge >= 0.3 is 5.97 Å². The number of aliphatic carboxylic acids is 1. The molecule has 0 aromatic heterocycles. The molecule has 0 aliphatic rings. The van der Waals surface area contributed by atoms with E-state index >= 15 is 0 Å². The van der Waals surface area contributed by atoms with Gasteiger partial charge in [0.2, 0.25) is 0 Å². The third kappa shape index (κ3) is 6.02. The zero-order valence-electron chi connectivity index (χ0n) is 13.7. The zero-order chi connectivity index (χ0) is 16.7. The number of hydrogen-bond acceptors (Lipinski definition) is 3. The largest absolute Gasteiger partial charge is 0.494 e. The zero-order valence-corrected chi connectivity index (χ0v) is 13.7. The van der Waals surface area contributed by atoms with Gasteiger partial charge in [-0.25, -0.2) is 4.39 Å². The van der Waals surface area contributed by atoms with E-state index in [0.717, 1.165) is 5.56 Å². The molecule has 0 aliphatic carbocycles. The molecule has 1 aromatic carbocycles. The number of carboxylic acid groups (broad SMARTS) is 1. The van der Waals surface area contributed by atoms with Crippen molar-refractivity contribution in [1.82, 2.24) is 5.32 Å². The molecule has 124 valence electrons. The van der Waals surface area contributed by atoms with E-state index < -0.39 is 12.0 Å².